The number of benzene rings is 2. The summed E-state index contributed by atoms with van der Waals surface area (Å²) in [6, 6.07) is 17.6. The monoisotopic (exact) mass is 372 g/mol. The van der Waals surface area contributed by atoms with Crippen molar-refractivity contribution in [2.75, 3.05) is 4.90 Å². The van der Waals surface area contributed by atoms with Gasteiger partial charge in [-0.15, -0.1) is 0 Å². The predicted octanol–water partition coefficient (Wildman–Crippen LogP) is 3.17. The van der Waals surface area contributed by atoms with E-state index in [-0.39, 0.29) is 47.5 Å². The molecule has 2 bridgehead atoms. The van der Waals surface area contributed by atoms with Crippen molar-refractivity contribution >= 4 is 23.2 Å². The molecule has 0 N–H and O–H groups in total. The molecular formula is C23H20N2O3. The molecule has 0 aromatic heterocycles. The van der Waals surface area contributed by atoms with Crippen LogP contribution in [0.25, 0.3) is 0 Å². The first kappa shape index (κ1) is 16.0. The Kier molecular flexibility index (Phi) is 3.17. The number of anilines is 1. The van der Waals surface area contributed by atoms with Crippen LogP contribution in [0.3, 0.4) is 0 Å². The SMILES string of the molecule is Cc1ccc(C2=NO[C@@H]3[C@@H]4C[C@H]([C@H]5C(=O)N(c6ccccc6)C(=O)[C@H]45)[C@H]23)cc1. The quantitative estimate of drug-likeness (QED) is 0.761. The molecular weight excluding hydrogens is 352 g/mol. The second-order valence-corrected chi connectivity index (χ2v) is 8.40. The fraction of sp³-hybridized carbons (Fsp3) is 0.348. The summed E-state index contributed by atoms with van der Waals surface area (Å²) in [7, 11) is 0. The summed E-state index contributed by atoms with van der Waals surface area (Å²) in [4.78, 5) is 33.7. The first-order valence-electron chi connectivity index (χ1n) is 9.89. The van der Waals surface area contributed by atoms with E-state index < -0.39 is 0 Å². The van der Waals surface area contributed by atoms with Crippen LogP contribution >= 0.6 is 0 Å². The Bertz CT molecular complexity index is 1010. The molecule has 2 aliphatic heterocycles. The molecule has 140 valence electrons. The maximum atomic E-state index is 13.3. The van der Waals surface area contributed by atoms with Crippen molar-refractivity contribution < 1.29 is 14.4 Å². The fourth-order valence-corrected chi connectivity index (χ4v) is 5.92. The third kappa shape index (κ3) is 1.94. The van der Waals surface area contributed by atoms with Crippen molar-refractivity contribution in [2.24, 2.45) is 34.7 Å². The van der Waals surface area contributed by atoms with Crippen LogP contribution in [0.4, 0.5) is 5.69 Å². The van der Waals surface area contributed by atoms with Gasteiger partial charge in [-0.1, -0.05) is 53.2 Å². The number of nitrogens with zero attached hydrogens (tertiary/aromatic N) is 2. The third-order valence-corrected chi connectivity index (χ3v) is 7.05. The number of hydrogen-bond acceptors (Lipinski definition) is 4. The number of hydrogen-bond donors (Lipinski definition) is 0. The highest BCUT2D eigenvalue weighted by atomic mass is 16.6. The smallest absolute Gasteiger partial charge is 0.238 e. The molecule has 6 atom stereocenters. The molecule has 2 aliphatic carbocycles. The second kappa shape index (κ2) is 5.53. The number of carbonyl (C=O) groups is 2. The van der Waals surface area contributed by atoms with Crippen molar-refractivity contribution in [3.8, 4) is 0 Å². The summed E-state index contributed by atoms with van der Waals surface area (Å²) in [6.07, 6.45) is 0.783. The first-order valence-corrected chi connectivity index (χ1v) is 9.89. The van der Waals surface area contributed by atoms with Crippen molar-refractivity contribution in [3.63, 3.8) is 0 Å². The van der Waals surface area contributed by atoms with Crippen molar-refractivity contribution in [1.29, 1.82) is 0 Å². The van der Waals surface area contributed by atoms with E-state index in [4.69, 9.17) is 4.84 Å². The number of para-hydroxylation sites is 1. The van der Waals surface area contributed by atoms with Gasteiger partial charge in [-0.3, -0.25) is 14.5 Å². The van der Waals surface area contributed by atoms with Gasteiger partial charge >= 0.3 is 0 Å². The Morgan fingerprint density at radius 2 is 1.57 bits per heavy atom. The zero-order valence-electron chi connectivity index (χ0n) is 15.5. The van der Waals surface area contributed by atoms with Gasteiger partial charge in [0.15, 0.2) is 0 Å². The highest BCUT2D eigenvalue weighted by Gasteiger charge is 2.70. The number of imide groups is 1. The Labute approximate surface area is 163 Å². The van der Waals surface area contributed by atoms with Gasteiger partial charge in [-0.25, -0.2) is 0 Å². The normalized spacial score (nSPS) is 35.0. The molecule has 0 spiro atoms. The van der Waals surface area contributed by atoms with Crippen LogP contribution in [0, 0.1) is 36.5 Å². The maximum Gasteiger partial charge on any atom is 0.238 e. The lowest BCUT2D eigenvalue weighted by Crippen LogP contribution is -2.41. The lowest BCUT2D eigenvalue weighted by atomic mass is 9.71. The molecule has 5 nitrogen and oxygen atoms in total. The summed E-state index contributed by atoms with van der Waals surface area (Å²) >= 11 is 0. The summed E-state index contributed by atoms with van der Waals surface area (Å²) in [5.41, 5.74) is 3.86. The molecule has 2 saturated carbocycles. The van der Waals surface area contributed by atoms with Gasteiger partial charge in [-0.2, -0.15) is 0 Å². The molecule has 4 aliphatic rings. The van der Waals surface area contributed by atoms with Gasteiger partial charge in [-0.05, 0) is 37.0 Å². The van der Waals surface area contributed by atoms with E-state index in [0.29, 0.717) is 5.69 Å². The zero-order valence-corrected chi connectivity index (χ0v) is 15.5. The van der Waals surface area contributed by atoms with Crippen molar-refractivity contribution in [2.45, 2.75) is 19.4 Å². The summed E-state index contributed by atoms with van der Waals surface area (Å²) in [5, 5.41) is 4.40. The van der Waals surface area contributed by atoms with E-state index in [1.54, 1.807) is 0 Å². The number of rotatable bonds is 2. The van der Waals surface area contributed by atoms with Gasteiger partial charge in [0, 0.05) is 11.8 Å². The van der Waals surface area contributed by atoms with Crippen LogP contribution in [-0.4, -0.2) is 23.6 Å². The van der Waals surface area contributed by atoms with Crippen LogP contribution in [0.5, 0.6) is 0 Å². The van der Waals surface area contributed by atoms with Crippen molar-refractivity contribution in [3.05, 3.63) is 65.7 Å². The van der Waals surface area contributed by atoms with Gasteiger partial charge in [0.1, 0.15) is 6.10 Å². The van der Waals surface area contributed by atoms with E-state index in [2.05, 4.69) is 36.3 Å². The molecule has 0 radical (unpaired) electrons. The minimum absolute atomic E-state index is 0.0534. The number of carbonyl (C=O) groups excluding carboxylic acids is 2. The summed E-state index contributed by atoms with van der Waals surface area (Å²) in [5.74, 6) is -0.365. The highest BCUT2D eigenvalue weighted by Crippen LogP contribution is 2.61. The third-order valence-electron chi connectivity index (χ3n) is 7.05. The molecule has 1 saturated heterocycles. The molecule has 5 heteroatoms. The van der Waals surface area contributed by atoms with E-state index in [0.717, 1.165) is 17.7 Å². The highest BCUT2D eigenvalue weighted by molar-refractivity contribution is 6.23. The molecule has 2 aromatic rings. The summed E-state index contributed by atoms with van der Waals surface area (Å²) < 4.78 is 0. The largest absolute Gasteiger partial charge is 0.391 e. The van der Waals surface area contributed by atoms with Crippen molar-refractivity contribution in [1.82, 2.24) is 0 Å². The number of amides is 2. The molecule has 0 unspecified atom stereocenters. The van der Waals surface area contributed by atoms with Gasteiger partial charge in [0.05, 0.1) is 23.2 Å². The number of oxime groups is 1. The van der Waals surface area contributed by atoms with Crippen LogP contribution in [0.2, 0.25) is 0 Å². The predicted molar refractivity (Wildman–Crippen MR) is 104 cm³/mol. The maximum absolute atomic E-state index is 13.3. The standard InChI is InChI=1S/C23H20N2O3/c1-12-7-9-13(10-8-12)20-19-15-11-16(21(19)28-24-20)18-17(15)22(26)25(23(18)27)14-5-3-2-4-6-14/h2-10,15-19,21H,11H2,1H3/t15-,16-,17-,18-,19-,21-/m1/s1. The second-order valence-electron chi connectivity index (χ2n) is 8.40. The average molecular weight is 372 g/mol. The molecule has 28 heavy (non-hydrogen) atoms. The van der Waals surface area contributed by atoms with Crippen LogP contribution < -0.4 is 4.90 Å². The summed E-state index contributed by atoms with van der Waals surface area (Å²) in [6.45, 7) is 2.06. The minimum Gasteiger partial charge on any atom is -0.391 e. The van der Waals surface area contributed by atoms with Crippen LogP contribution in [0.1, 0.15) is 17.5 Å². The van der Waals surface area contributed by atoms with Gasteiger partial charge in [0.25, 0.3) is 0 Å². The molecule has 2 heterocycles. The van der Waals surface area contributed by atoms with Gasteiger partial charge in [0.2, 0.25) is 11.8 Å². The topological polar surface area (TPSA) is 59.0 Å². The Hall–Kier alpha value is -2.95. The number of fused-ring (bicyclic) bond motifs is 8. The molecule has 3 fully saturated rings. The average Bonchev–Trinajstić information content (AvgIpc) is 3.44. The molecule has 6 rings (SSSR count). The minimum atomic E-state index is -0.272. The Balaban J connectivity index is 1.36. The Morgan fingerprint density at radius 1 is 0.893 bits per heavy atom. The van der Waals surface area contributed by atoms with Crippen LogP contribution in [0.15, 0.2) is 59.8 Å². The fourth-order valence-electron chi connectivity index (χ4n) is 5.92. The van der Waals surface area contributed by atoms with E-state index >= 15 is 0 Å². The van der Waals surface area contributed by atoms with Gasteiger partial charge < -0.3 is 4.84 Å². The molecule has 2 amide bonds. The number of aryl methyl sites for hydroxylation is 1. The van der Waals surface area contributed by atoms with E-state index in [1.165, 1.54) is 10.5 Å². The van der Waals surface area contributed by atoms with E-state index in [1.807, 2.05) is 30.3 Å². The van der Waals surface area contributed by atoms with E-state index in [9.17, 15) is 9.59 Å². The Morgan fingerprint density at radius 3 is 2.29 bits per heavy atom. The lowest BCUT2D eigenvalue weighted by Gasteiger charge is -2.29. The van der Waals surface area contributed by atoms with Crippen LogP contribution in [-0.2, 0) is 14.4 Å². The molecule has 2 aromatic carbocycles. The lowest BCUT2D eigenvalue weighted by molar-refractivity contribution is -0.125. The zero-order chi connectivity index (χ0) is 19.0. The first-order chi connectivity index (χ1) is 13.6.